The summed E-state index contributed by atoms with van der Waals surface area (Å²) in [7, 11) is 2.90. The molecular weight excluding hydrogens is 294 g/mol. The molecule has 0 aliphatic carbocycles. The van der Waals surface area contributed by atoms with E-state index < -0.39 is 5.91 Å². The molecule has 21 heavy (non-hydrogen) atoms. The molecule has 0 saturated heterocycles. The van der Waals surface area contributed by atoms with Crippen LogP contribution in [0.4, 0.5) is 5.69 Å². The van der Waals surface area contributed by atoms with Gasteiger partial charge < -0.3 is 19.9 Å². The van der Waals surface area contributed by atoms with Crippen LogP contribution >= 0.6 is 11.6 Å². The van der Waals surface area contributed by atoms with Gasteiger partial charge in [0.1, 0.15) is 5.75 Å². The number of carbonyl (C=O) groups excluding carboxylic acids is 1. The fraction of sp³-hybridized carbons (Fsp3) is 0.133. The molecule has 0 aliphatic rings. The molecule has 0 fully saturated rings. The third-order valence-corrected chi connectivity index (χ3v) is 3.11. The molecule has 2 rings (SSSR count). The Kier molecular flexibility index (Phi) is 4.55. The average Bonchev–Trinajstić information content (AvgIpc) is 2.47. The minimum atomic E-state index is -0.494. The molecule has 0 unspecified atom stereocenters. The van der Waals surface area contributed by atoms with Crippen molar-refractivity contribution in [1.82, 2.24) is 0 Å². The smallest absolute Gasteiger partial charge is 0.259 e. The number of anilines is 1. The average molecular weight is 308 g/mol. The number of hydrogen-bond acceptors (Lipinski definition) is 4. The zero-order valence-corrected chi connectivity index (χ0v) is 12.3. The van der Waals surface area contributed by atoms with Crippen LogP contribution in [0, 0.1) is 0 Å². The maximum absolute atomic E-state index is 12.3. The van der Waals surface area contributed by atoms with Crippen LogP contribution in [0.25, 0.3) is 0 Å². The predicted octanol–water partition coefficient (Wildman–Crippen LogP) is 3.32. The maximum atomic E-state index is 12.3. The fourth-order valence-corrected chi connectivity index (χ4v) is 2.01. The Morgan fingerprint density at radius 1 is 1.14 bits per heavy atom. The van der Waals surface area contributed by atoms with E-state index in [2.05, 4.69) is 5.32 Å². The third kappa shape index (κ3) is 3.20. The molecule has 0 bridgehead atoms. The second-order valence-electron chi connectivity index (χ2n) is 4.16. The Hall–Kier alpha value is -2.40. The number of rotatable bonds is 4. The summed E-state index contributed by atoms with van der Waals surface area (Å²) in [6.07, 6.45) is 0. The van der Waals surface area contributed by atoms with Gasteiger partial charge in [-0.15, -0.1) is 0 Å². The van der Waals surface area contributed by atoms with Crippen LogP contribution in [0.15, 0.2) is 36.4 Å². The minimum absolute atomic E-state index is 0.0939. The van der Waals surface area contributed by atoms with Gasteiger partial charge in [-0.1, -0.05) is 17.7 Å². The molecule has 6 heteroatoms. The van der Waals surface area contributed by atoms with E-state index in [0.29, 0.717) is 16.5 Å². The fourth-order valence-electron chi connectivity index (χ4n) is 1.84. The number of amides is 1. The number of phenols is 1. The number of hydrogen-bond donors (Lipinski definition) is 2. The van der Waals surface area contributed by atoms with Crippen LogP contribution in [0.2, 0.25) is 5.02 Å². The van der Waals surface area contributed by atoms with Crippen LogP contribution in [0.3, 0.4) is 0 Å². The van der Waals surface area contributed by atoms with E-state index in [4.69, 9.17) is 21.1 Å². The molecule has 0 spiro atoms. The van der Waals surface area contributed by atoms with E-state index in [-0.39, 0.29) is 17.1 Å². The van der Waals surface area contributed by atoms with Crippen LogP contribution < -0.4 is 14.8 Å². The lowest BCUT2D eigenvalue weighted by atomic mass is 10.1. The van der Waals surface area contributed by atoms with Crippen molar-refractivity contribution in [2.75, 3.05) is 19.5 Å². The number of para-hydroxylation sites is 1. The summed E-state index contributed by atoms with van der Waals surface area (Å²) in [6, 6.07) is 9.52. The molecule has 5 nitrogen and oxygen atoms in total. The van der Waals surface area contributed by atoms with Crippen molar-refractivity contribution in [3.8, 4) is 17.2 Å². The van der Waals surface area contributed by atoms with Crippen molar-refractivity contribution >= 4 is 23.2 Å². The zero-order valence-electron chi connectivity index (χ0n) is 11.5. The molecule has 0 aliphatic heterocycles. The highest BCUT2D eigenvalue weighted by molar-refractivity contribution is 6.31. The normalized spacial score (nSPS) is 10.0. The van der Waals surface area contributed by atoms with Gasteiger partial charge in [-0.05, 0) is 30.3 Å². The number of methoxy groups -OCH3 is 2. The third-order valence-electron chi connectivity index (χ3n) is 2.87. The second kappa shape index (κ2) is 6.37. The summed E-state index contributed by atoms with van der Waals surface area (Å²) in [5, 5.41) is 13.1. The first-order chi connectivity index (χ1) is 10.1. The quantitative estimate of drug-likeness (QED) is 0.909. The summed E-state index contributed by atoms with van der Waals surface area (Å²) in [5.74, 6) is -0.0266. The molecule has 0 atom stereocenters. The van der Waals surface area contributed by atoms with E-state index in [0.717, 1.165) is 0 Å². The monoisotopic (exact) mass is 307 g/mol. The van der Waals surface area contributed by atoms with Crippen LogP contribution in [0.1, 0.15) is 10.4 Å². The number of ether oxygens (including phenoxy) is 2. The number of carbonyl (C=O) groups is 1. The molecule has 2 aromatic rings. The second-order valence-corrected chi connectivity index (χ2v) is 4.59. The van der Waals surface area contributed by atoms with Crippen molar-refractivity contribution in [3.05, 3.63) is 47.0 Å². The molecule has 110 valence electrons. The van der Waals surface area contributed by atoms with Gasteiger partial charge in [0.05, 0.1) is 25.5 Å². The number of halogens is 1. The molecule has 0 radical (unpaired) electrons. The van der Waals surface area contributed by atoms with Crippen molar-refractivity contribution in [1.29, 1.82) is 0 Å². The van der Waals surface area contributed by atoms with Crippen molar-refractivity contribution in [3.63, 3.8) is 0 Å². The zero-order chi connectivity index (χ0) is 15.4. The van der Waals surface area contributed by atoms with Gasteiger partial charge in [0.25, 0.3) is 5.91 Å². The molecule has 2 aromatic carbocycles. The van der Waals surface area contributed by atoms with E-state index in [1.807, 2.05) is 0 Å². The first-order valence-corrected chi connectivity index (χ1v) is 6.45. The summed E-state index contributed by atoms with van der Waals surface area (Å²) >= 11 is 5.91. The Bertz CT molecular complexity index is 673. The van der Waals surface area contributed by atoms with Crippen LogP contribution in [-0.2, 0) is 0 Å². The summed E-state index contributed by atoms with van der Waals surface area (Å²) < 4.78 is 10.1. The lowest BCUT2D eigenvalue weighted by molar-refractivity contribution is 0.102. The number of nitrogens with one attached hydrogen (secondary N) is 1. The Balaban J connectivity index is 2.32. The first kappa shape index (κ1) is 15.0. The van der Waals surface area contributed by atoms with E-state index >= 15 is 0 Å². The van der Waals surface area contributed by atoms with Gasteiger partial charge in [0.15, 0.2) is 11.5 Å². The number of aromatic hydroxyl groups is 1. The van der Waals surface area contributed by atoms with Crippen LogP contribution in [0.5, 0.6) is 17.2 Å². The highest BCUT2D eigenvalue weighted by Crippen LogP contribution is 2.32. The maximum Gasteiger partial charge on any atom is 0.259 e. The molecule has 1 amide bonds. The van der Waals surface area contributed by atoms with Gasteiger partial charge in [0, 0.05) is 5.02 Å². The van der Waals surface area contributed by atoms with Crippen molar-refractivity contribution in [2.45, 2.75) is 0 Å². The summed E-state index contributed by atoms with van der Waals surface area (Å²) in [6.45, 7) is 0. The molecule has 0 saturated carbocycles. The van der Waals surface area contributed by atoms with Crippen molar-refractivity contribution in [2.24, 2.45) is 0 Å². The lowest BCUT2D eigenvalue weighted by Crippen LogP contribution is -2.13. The largest absolute Gasteiger partial charge is 0.504 e. The van der Waals surface area contributed by atoms with Gasteiger partial charge in [0.2, 0.25) is 0 Å². The summed E-state index contributed by atoms with van der Waals surface area (Å²) in [5.41, 5.74) is 0.508. The molecular formula is C15H14ClNO4. The molecule has 0 aromatic heterocycles. The van der Waals surface area contributed by atoms with E-state index in [1.54, 1.807) is 30.3 Å². The van der Waals surface area contributed by atoms with E-state index in [9.17, 15) is 9.90 Å². The predicted molar refractivity (Wildman–Crippen MR) is 80.6 cm³/mol. The van der Waals surface area contributed by atoms with Crippen LogP contribution in [-0.4, -0.2) is 25.2 Å². The molecule has 0 heterocycles. The standard InChI is InChI=1S/C15H14ClNO4/c1-20-12-7-6-9(16)8-11(12)17-15(19)10-4-3-5-13(21-2)14(10)18/h3-8,18H,1-2H3,(H,17,19). The SMILES string of the molecule is COc1ccc(Cl)cc1NC(=O)c1cccc(OC)c1O. The Morgan fingerprint density at radius 3 is 2.52 bits per heavy atom. The Morgan fingerprint density at radius 2 is 1.86 bits per heavy atom. The number of phenolic OH excluding ortho intramolecular Hbond substituents is 1. The highest BCUT2D eigenvalue weighted by atomic mass is 35.5. The lowest BCUT2D eigenvalue weighted by Gasteiger charge is -2.12. The number of benzene rings is 2. The van der Waals surface area contributed by atoms with Gasteiger partial charge in [-0.3, -0.25) is 4.79 Å². The van der Waals surface area contributed by atoms with Gasteiger partial charge in [-0.2, -0.15) is 0 Å². The van der Waals surface area contributed by atoms with Gasteiger partial charge in [-0.25, -0.2) is 0 Å². The first-order valence-electron chi connectivity index (χ1n) is 6.07. The highest BCUT2D eigenvalue weighted by Gasteiger charge is 2.16. The topological polar surface area (TPSA) is 67.8 Å². The van der Waals surface area contributed by atoms with Crippen molar-refractivity contribution < 1.29 is 19.4 Å². The summed E-state index contributed by atoms with van der Waals surface area (Å²) in [4.78, 5) is 12.3. The molecule has 2 N–H and O–H groups in total. The van der Waals surface area contributed by atoms with E-state index in [1.165, 1.54) is 20.3 Å². The minimum Gasteiger partial charge on any atom is -0.504 e. The Labute approximate surface area is 127 Å². The van der Waals surface area contributed by atoms with Gasteiger partial charge >= 0.3 is 0 Å².